The molecule has 0 aliphatic carbocycles. The van der Waals surface area contributed by atoms with Crippen LogP contribution >= 0.6 is 11.3 Å². The van der Waals surface area contributed by atoms with Crippen molar-refractivity contribution in [3.63, 3.8) is 0 Å². The summed E-state index contributed by atoms with van der Waals surface area (Å²) in [4.78, 5) is 20.8. The topological polar surface area (TPSA) is 51.7 Å². The number of fused-ring (bicyclic) bond motifs is 2. The zero-order valence-corrected chi connectivity index (χ0v) is 19.8. The molecule has 1 heterocycles. The van der Waals surface area contributed by atoms with Crippen molar-refractivity contribution in [1.29, 1.82) is 0 Å². The molecule has 0 atom stereocenters. The van der Waals surface area contributed by atoms with Gasteiger partial charge in [0.05, 0.1) is 36.0 Å². The Morgan fingerprint density at radius 1 is 0.971 bits per heavy atom. The van der Waals surface area contributed by atoms with Gasteiger partial charge in [-0.3, -0.25) is 9.69 Å². The van der Waals surface area contributed by atoms with Crippen LogP contribution in [0.5, 0.6) is 11.5 Å². The molecule has 0 fully saturated rings. The van der Waals surface area contributed by atoms with E-state index in [-0.39, 0.29) is 5.91 Å². The van der Waals surface area contributed by atoms with E-state index < -0.39 is 0 Å². The lowest BCUT2D eigenvalue weighted by molar-refractivity contribution is 0.0983. The summed E-state index contributed by atoms with van der Waals surface area (Å²) in [5.41, 5.74) is 2.40. The summed E-state index contributed by atoms with van der Waals surface area (Å²) in [5, 5.41) is 2.48. The van der Waals surface area contributed by atoms with E-state index in [1.165, 1.54) is 11.3 Å². The van der Waals surface area contributed by atoms with Crippen LogP contribution in [-0.2, 0) is 6.54 Å². The van der Waals surface area contributed by atoms with Crippen LogP contribution in [0, 0.1) is 0 Å². The molecule has 5 aromatic rings. The van der Waals surface area contributed by atoms with Gasteiger partial charge < -0.3 is 9.47 Å². The van der Waals surface area contributed by atoms with Gasteiger partial charge in [0.2, 0.25) is 0 Å². The molecule has 1 amide bonds. The van der Waals surface area contributed by atoms with E-state index in [9.17, 15) is 4.79 Å². The van der Waals surface area contributed by atoms with Gasteiger partial charge in [-0.25, -0.2) is 4.98 Å². The van der Waals surface area contributed by atoms with Gasteiger partial charge in [0.25, 0.3) is 5.91 Å². The highest BCUT2D eigenvalue weighted by Crippen LogP contribution is 2.36. The van der Waals surface area contributed by atoms with Crippen molar-refractivity contribution in [1.82, 2.24) is 4.98 Å². The number of ether oxygens (including phenoxy) is 2. The highest BCUT2D eigenvalue weighted by molar-refractivity contribution is 7.22. The highest BCUT2D eigenvalue weighted by Gasteiger charge is 2.26. The average Bonchev–Trinajstić information content (AvgIpc) is 3.30. The first-order valence-electron chi connectivity index (χ1n) is 11.1. The monoisotopic (exact) mass is 468 g/mol. The second kappa shape index (κ2) is 9.53. The molecule has 34 heavy (non-hydrogen) atoms. The minimum Gasteiger partial charge on any atom is -0.497 e. The fraction of sp³-hybridized carbons (Fsp3) is 0.143. The molecule has 5 rings (SSSR count). The summed E-state index contributed by atoms with van der Waals surface area (Å²) < 4.78 is 12.2. The lowest BCUT2D eigenvalue weighted by Gasteiger charge is -2.22. The molecule has 170 valence electrons. The summed E-state index contributed by atoms with van der Waals surface area (Å²) in [5.74, 6) is 1.19. The largest absolute Gasteiger partial charge is 0.497 e. The van der Waals surface area contributed by atoms with Crippen molar-refractivity contribution in [2.45, 2.75) is 13.5 Å². The zero-order chi connectivity index (χ0) is 23.5. The molecule has 1 aromatic heterocycles. The van der Waals surface area contributed by atoms with Crippen LogP contribution in [-0.4, -0.2) is 24.6 Å². The SMILES string of the molecule is CCOc1ccc2ccccc2c1C(=O)N(Cc1ccccc1)c1nc2ccc(OC)cc2s1. The van der Waals surface area contributed by atoms with Gasteiger partial charge >= 0.3 is 0 Å². The third-order valence-electron chi connectivity index (χ3n) is 5.65. The van der Waals surface area contributed by atoms with Gasteiger partial charge in [0.15, 0.2) is 5.13 Å². The maximum atomic E-state index is 14.2. The Bertz CT molecular complexity index is 1460. The maximum Gasteiger partial charge on any atom is 0.264 e. The molecule has 5 nitrogen and oxygen atoms in total. The van der Waals surface area contributed by atoms with Crippen LogP contribution in [0.3, 0.4) is 0 Å². The van der Waals surface area contributed by atoms with Crippen LogP contribution in [0.1, 0.15) is 22.8 Å². The Morgan fingerprint density at radius 3 is 2.56 bits per heavy atom. The lowest BCUT2D eigenvalue weighted by Crippen LogP contribution is -2.31. The van der Waals surface area contributed by atoms with Crippen LogP contribution in [0.2, 0.25) is 0 Å². The first kappa shape index (κ1) is 21.9. The van der Waals surface area contributed by atoms with E-state index >= 15 is 0 Å². The lowest BCUT2D eigenvalue weighted by atomic mass is 10.0. The van der Waals surface area contributed by atoms with Crippen molar-refractivity contribution < 1.29 is 14.3 Å². The summed E-state index contributed by atoms with van der Waals surface area (Å²) in [6.07, 6.45) is 0. The Hall–Kier alpha value is -3.90. The second-order valence-corrected chi connectivity index (χ2v) is 8.81. The third-order valence-corrected chi connectivity index (χ3v) is 6.69. The minimum absolute atomic E-state index is 0.143. The molecule has 0 N–H and O–H groups in total. The van der Waals surface area contributed by atoms with Gasteiger partial charge in [-0.2, -0.15) is 0 Å². The van der Waals surface area contributed by atoms with Gasteiger partial charge in [-0.1, -0.05) is 72.0 Å². The van der Waals surface area contributed by atoms with E-state index in [4.69, 9.17) is 14.5 Å². The summed E-state index contributed by atoms with van der Waals surface area (Å²) >= 11 is 1.47. The summed E-state index contributed by atoms with van der Waals surface area (Å²) in [6, 6.07) is 27.5. The quantitative estimate of drug-likeness (QED) is 0.267. The smallest absolute Gasteiger partial charge is 0.264 e. The predicted octanol–water partition coefficient (Wildman–Crippen LogP) is 6.70. The van der Waals surface area contributed by atoms with Crippen molar-refractivity contribution in [2.24, 2.45) is 0 Å². The predicted molar refractivity (Wildman–Crippen MR) is 138 cm³/mol. The number of carbonyl (C=O) groups is 1. The van der Waals surface area contributed by atoms with Gasteiger partial charge in [0.1, 0.15) is 11.5 Å². The molecular formula is C28H24N2O3S. The summed E-state index contributed by atoms with van der Waals surface area (Å²) in [7, 11) is 1.64. The molecule has 0 aliphatic heterocycles. The standard InChI is InChI=1S/C28H24N2O3S/c1-3-33-24-16-13-20-11-7-8-12-22(20)26(24)27(31)30(18-19-9-5-4-6-10-19)28-29-23-15-14-21(32-2)17-25(23)34-28/h4-17H,3,18H2,1-2H3. The number of nitrogens with zero attached hydrogens (tertiary/aromatic N) is 2. The van der Waals surface area contributed by atoms with Crippen LogP contribution in [0.4, 0.5) is 5.13 Å². The molecule has 0 bridgehead atoms. The first-order valence-corrected chi connectivity index (χ1v) is 11.9. The third kappa shape index (κ3) is 4.20. The van der Waals surface area contributed by atoms with Crippen molar-refractivity contribution in [3.05, 3.63) is 96.1 Å². The fourth-order valence-electron chi connectivity index (χ4n) is 4.01. The molecule has 4 aromatic carbocycles. The number of carbonyl (C=O) groups excluding carboxylic acids is 1. The number of rotatable bonds is 7. The molecule has 0 saturated carbocycles. The molecule has 0 unspecified atom stereocenters. The van der Waals surface area contributed by atoms with E-state index in [0.29, 0.717) is 29.6 Å². The molecule has 0 radical (unpaired) electrons. The number of thiazole rings is 1. The van der Waals surface area contributed by atoms with E-state index in [1.807, 2.05) is 91.9 Å². The molecule has 0 saturated heterocycles. The van der Waals surface area contributed by atoms with Gasteiger partial charge in [-0.15, -0.1) is 0 Å². The molecule has 6 heteroatoms. The van der Waals surface area contributed by atoms with E-state index in [1.54, 1.807) is 12.0 Å². The van der Waals surface area contributed by atoms with E-state index in [0.717, 1.165) is 32.3 Å². The number of benzene rings is 4. The normalized spacial score (nSPS) is 11.0. The van der Waals surface area contributed by atoms with Gasteiger partial charge in [0, 0.05) is 0 Å². The molecular weight excluding hydrogens is 444 g/mol. The van der Waals surface area contributed by atoms with Crippen LogP contribution in [0.25, 0.3) is 21.0 Å². The van der Waals surface area contributed by atoms with Gasteiger partial charge in [-0.05, 0) is 47.5 Å². The number of aromatic nitrogens is 1. The maximum absolute atomic E-state index is 14.2. The van der Waals surface area contributed by atoms with Crippen LogP contribution in [0.15, 0.2) is 84.9 Å². The zero-order valence-electron chi connectivity index (χ0n) is 19.0. The summed E-state index contributed by atoms with van der Waals surface area (Å²) in [6.45, 7) is 2.79. The molecule has 0 spiro atoms. The minimum atomic E-state index is -0.143. The number of anilines is 1. The highest BCUT2D eigenvalue weighted by atomic mass is 32.1. The van der Waals surface area contributed by atoms with Crippen molar-refractivity contribution >= 4 is 43.4 Å². The van der Waals surface area contributed by atoms with Crippen molar-refractivity contribution in [2.75, 3.05) is 18.6 Å². The number of hydrogen-bond acceptors (Lipinski definition) is 5. The number of hydrogen-bond donors (Lipinski definition) is 0. The Morgan fingerprint density at radius 2 is 1.76 bits per heavy atom. The number of methoxy groups -OCH3 is 1. The van der Waals surface area contributed by atoms with E-state index in [2.05, 4.69) is 0 Å². The number of amides is 1. The van der Waals surface area contributed by atoms with Crippen molar-refractivity contribution in [3.8, 4) is 11.5 Å². The Kier molecular flexibility index (Phi) is 6.14. The Balaban J connectivity index is 1.67. The average molecular weight is 469 g/mol. The first-order chi connectivity index (χ1) is 16.7. The molecule has 0 aliphatic rings. The second-order valence-electron chi connectivity index (χ2n) is 7.80. The Labute approximate surface area is 202 Å². The van der Waals surface area contributed by atoms with Crippen LogP contribution < -0.4 is 14.4 Å². The fourth-order valence-corrected chi connectivity index (χ4v) is 5.00.